The zero-order valence-corrected chi connectivity index (χ0v) is 17.1. The van der Waals surface area contributed by atoms with Crippen molar-refractivity contribution >= 4 is 30.7 Å². The second-order valence-electron chi connectivity index (χ2n) is 6.60. The second kappa shape index (κ2) is 13.1. The molecule has 0 aromatic rings. The fourth-order valence-electron chi connectivity index (χ4n) is 3.73. The predicted molar refractivity (Wildman–Crippen MR) is 105 cm³/mol. The highest BCUT2D eigenvalue weighted by molar-refractivity contribution is 5.85. The molecule has 3 atom stereocenters. The Morgan fingerprint density at radius 3 is 2.36 bits per heavy atom. The Balaban J connectivity index is 0.00000288. The summed E-state index contributed by atoms with van der Waals surface area (Å²) in [6.45, 7) is 9.12. The van der Waals surface area contributed by atoms with E-state index in [1.165, 1.54) is 0 Å². The number of hydrogen-bond acceptors (Lipinski definition) is 5. The lowest BCUT2D eigenvalue weighted by molar-refractivity contribution is -0.132. The number of carbonyl (C=O) groups excluding carboxylic acids is 1. The third-order valence-electron chi connectivity index (χ3n) is 5.26. The van der Waals surface area contributed by atoms with Crippen LogP contribution >= 0.6 is 24.8 Å². The summed E-state index contributed by atoms with van der Waals surface area (Å²) in [6, 6.07) is 0.379. The molecule has 1 amide bonds. The molecular formula is C17H35Cl2N3O3. The highest BCUT2D eigenvalue weighted by Gasteiger charge is 2.32. The number of halogens is 2. The van der Waals surface area contributed by atoms with Crippen LogP contribution in [0.2, 0.25) is 0 Å². The number of nitrogens with zero attached hydrogens (tertiary/aromatic N) is 1. The molecule has 1 unspecified atom stereocenters. The molecule has 0 aromatic heterocycles. The van der Waals surface area contributed by atoms with E-state index >= 15 is 0 Å². The number of rotatable bonds is 8. The maximum atomic E-state index is 12.4. The van der Waals surface area contributed by atoms with Crippen molar-refractivity contribution in [2.45, 2.75) is 57.8 Å². The first-order chi connectivity index (χ1) is 11.2. The van der Waals surface area contributed by atoms with Crippen molar-refractivity contribution < 1.29 is 14.3 Å². The van der Waals surface area contributed by atoms with Gasteiger partial charge in [-0.3, -0.25) is 9.69 Å². The van der Waals surface area contributed by atoms with Crippen LogP contribution in [0.4, 0.5) is 0 Å². The molecule has 0 spiro atoms. The number of nitrogens with one attached hydrogen (secondary N) is 1. The number of carbonyl (C=O) groups is 1. The van der Waals surface area contributed by atoms with E-state index in [9.17, 15) is 4.79 Å². The summed E-state index contributed by atoms with van der Waals surface area (Å²) in [5, 5.41) is 3.13. The molecule has 0 bridgehead atoms. The summed E-state index contributed by atoms with van der Waals surface area (Å²) < 4.78 is 11.2. The van der Waals surface area contributed by atoms with Crippen LogP contribution in [0.3, 0.4) is 0 Å². The van der Waals surface area contributed by atoms with Gasteiger partial charge in [0.15, 0.2) is 0 Å². The van der Waals surface area contributed by atoms with Gasteiger partial charge in [-0.15, -0.1) is 24.8 Å². The van der Waals surface area contributed by atoms with Crippen molar-refractivity contribution in [2.24, 2.45) is 11.7 Å². The highest BCUT2D eigenvalue weighted by Crippen LogP contribution is 2.21. The summed E-state index contributed by atoms with van der Waals surface area (Å²) in [5.74, 6) is 0.611. The minimum atomic E-state index is -0.324. The van der Waals surface area contributed by atoms with Crippen LogP contribution < -0.4 is 11.1 Å². The van der Waals surface area contributed by atoms with Crippen molar-refractivity contribution in [2.75, 3.05) is 39.4 Å². The van der Waals surface area contributed by atoms with Gasteiger partial charge in [0.1, 0.15) is 6.10 Å². The lowest BCUT2D eigenvalue weighted by Crippen LogP contribution is -2.53. The van der Waals surface area contributed by atoms with Crippen LogP contribution in [0.25, 0.3) is 0 Å². The number of hydrogen-bond donors (Lipinski definition) is 2. The Hall–Kier alpha value is -0.110. The first kappa shape index (κ1) is 24.9. The minimum Gasteiger partial charge on any atom is -0.379 e. The summed E-state index contributed by atoms with van der Waals surface area (Å²) in [6.07, 6.45) is 3.64. The van der Waals surface area contributed by atoms with Crippen LogP contribution in [-0.4, -0.2) is 68.4 Å². The molecule has 0 aliphatic carbocycles. The maximum Gasteiger partial charge on any atom is 0.249 e. The van der Waals surface area contributed by atoms with Crippen LogP contribution in [0.5, 0.6) is 0 Å². The molecule has 0 radical (unpaired) electrons. The molecular weight excluding hydrogens is 365 g/mol. The second-order valence-corrected chi connectivity index (χ2v) is 6.60. The predicted octanol–water partition coefficient (Wildman–Crippen LogP) is 1.59. The van der Waals surface area contributed by atoms with Crippen molar-refractivity contribution in [3.8, 4) is 0 Å². The average Bonchev–Trinajstić information content (AvgIpc) is 3.08. The largest absolute Gasteiger partial charge is 0.379 e. The quantitative estimate of drug-likeness (QED) is 0.647. The van der Waals surface area contributed by atoms with E-state index in [0.717, 1.165) is 52.0 Å². The van der Waals surface area contributed by atoms with Crippen molar-refractivity contribution in [3.63, 3.8) is 0 Å². The minimum absolute atomic E-state index is 0. The molecule has 2 fully saturated rings. The van der Waals surface area contributed by atoms with E-state index in [1.807, 2.05) is 0 Å². The lowest BCUT2D eigenvalue weighted by atomic mass is 9.92. The maximum absolute atomic E-state index is 12.4. The average molecular weight is 400 g/mol. The lowest BCUT2D eigenvalue weighted by Gasteiger charge is -2.39. The first-order valence-electron chi connectivity index (χ1n) is 9.14. The molecule has 2 saturated heterocycles. The third-order valence-corrected chi connectivity index (χ3v) is 5.26. The van der Waals surface area contributed by atoms with Crippen LogP contribution in [-0.2, 0) is 14.3 Å². The molecule has 2 rings (SSSR count). The van der Waals surface area contributed by atoms with Crippen LogP contribution in [0.15, 0.2) is 0 Å². The van der Waals surface area contributed by atoms with Gasteiger partial charge in [-0.2, -0.15) is 0 Å². The topological polar surface area (TPSA) is 76.8 Å². The Labute approximate surface area is 164 Å². The van der Waals surface area contributed by atoms with E-state index in [2.05, 4.69) is 24.1 Å². The Morgan fingerprint density at radius 2 is 1.84 bits per heavy atom. The van der Waals surface area contributed by atoms with Crippen molar-refractivity contribution in [3.05, 3.63) is 0 Å². The third kappa shape index (κ3) is 7.19. The number of ether oxygens (including phenoxy) is 2. The van der Waals surface area contributed by atoms with Gasteiger partial charge in [0, 0.05) is 32.2 Å². The molecule has 2 heterocycles. The van der Waals surface area contributed by atoms with E-state index in [4.69, 9.17) is 15.2 Å². The Kier molecular flexibility index (Phi) is 13.1. The molecule has 2 aliphatic heterocycles. The Bertz CT molecular complexity index is 367. The summed E-state index contributed by atoms with van der Waals surface area (Å²) in [4.78, 5) is 14.8. The fourth-order valence-corrected chi connectivity index (χ4v) is 3.73. The zero-order chi connectivity index (χ0) is 16.7. The van der Waals surface area contributed by atoms with Gasteiger partial charge in [-0.05, 0) is 18.8 Å². The summed E-state index contributed by atoms with van der Waals surface area (Å²) >= 11 is 0. The monoisotopic (exact) mass is 399 g/mol. The highest BCUT2D eigenvalue weighted by atomic mass is 35.5. The number of morpholine rings is 1. The van der Waals surface area contributed by atoms with Crippen LogP contribution in [0, 0.1) is 5.92 Å². The van der Waals surface area contributed by atoms with E-state index in [1.54, 1.807) is 0 Å². The number of nitrogens with two attached hydrogens (primary N) is 1. The first-order valence-corrected chi connectivity index (χ1v) is 9.14. The van der Waals surface area contributed by atoms with Gasteiger partial charge in [0.25, 0.3) is 0 Å². The van der Waals surface area contributed by atoms with Crippen molar-refractivity contribution in [1.29, 1.82) is 0 Å². The molecule has 6 nitrogen and oxygen atoms in total. The zero-order valence-electron chi connectivity index (χ0n) is 15.4. The van der Waals surface area contributed by atoms with E-state index < -0.39 is 0 Å². The van der Waals surface area contributed by atoms with Gasteiger partial charge in [0.05, 0.1) is 19.3 Å². The summed E-state index contributed by atoms with van der Waals surface area (Å²) in [7, 11) is 0. The molecule has 0 aromatic carbocycles. The Morgan fingerprint density at radius 1 is 1.20 bits per heavy atom. The van der Waals surface area contributed by atoms with Gasteiger partial charge in [-0.25, -0.2) is 0 Å². The number of amides is 1. The van der Waals surface area contributed by atoms with Gasteiger partial charge >= 0.3 is 0 Å². The summed E-state index contributed by atoms with van der Waals surface area (Å²) in [5.41, 5.74) is 5.62. The van der Waals surface area contributed by atoms with Gasteiger partial charge in [0.2, 0.25) is 5.91 Å². The molecule has 3 N–H and O–H groups in total. The molecule has 8 heteroatoms. The standard InChI is InChI=1S/C17H33N3O3.2ClH/c1-3-13(4-2)15(20-7-9-22-10-8-20)12-19-17(21)16-6-5-14(11-18)23-16;;/h13-16H,3-12,18H2,1-2H3,(H,19,21);2*1H/t14-,15?,16+;;/m1../s1. The smallest absolute Gasteiger partial charge is 0.249 e. The van der Waals surface area contributed by atoms with E-state index in [-0.39, 0.29) is 42.9 Å². The molecule has 0 saturated carbocycles. The van der Waals surface area contributed by atoms with Crippen LogP contribution in [0.1, 0.15) is 39.5 Å². The van der Waals surface area contributed by atoms with Gasteiger partial charge < -0.3 is 20.5 Å². The SMILES string of the molecule is CCC(CC)C(CNC(=O)[C@@H]1CC[C@H](CN)O1)N1CCOCC1.Cl.Cl. The molecule has 2 aliphatic rings. The normalized spacial score (nSPS) is 25.1. The molecule has 25 heavy (non-hydrogen) atoms. The van der Waals surface area contributed by atoms with Crippen molar-refractivity contribution in [1.82, 2.24) is 10.2 Å². The van der Waals surface area contributed by atoms with E-state index in [0.29, 0.717) is 25.0 Å². The molecule has 150 valence electrons. The fraction of sp³-hybridized carbons (Fsp3) is 0.941. The van der Waals surface area contributed by atoms with Gasteiger partial charge in [-0.1, -0.05) is 26.7 Å².